The summed E-state index contributed by atoms with van der Waals surface area (Å²) >= 11 is 11.6. The molecular weight excluding hydrogens is 331 g/mol. The molecule has 0 unspecified atom stereocenters. The van der Waals surface area contributed by atoms with Crippen LogP contribution in [-0.4, -0.2) is 20.0 Å². The lowest BCUT2D eigenvalue weighted by Gasteiger charge is -2.05. The predicted molar refractivity (Wildman–Crippen MR) is 84.0 cm³/mol. The molecule has 0 fully saturated rings. The monoisotopic (exact) mass is 342 g/mol. The van der Waals surface area contributed by atoms with Crippen molar-refractivity contribution in [3.05, 3.63) is 63.6 Å². The van der Waals surface area contributed by atoms with E-state index in [-0.39, 0.29) is 15.5 Å². The first kappa shape index (κ1) is 16.0. The number of Topliss-reactive ketones (excluding diaryl/α,β-unsaturated/α-hetero) is 1. The van der Waals surface area contributed by atoms with Crippen molar-refractivity contribution in [3.63, 3.8) is 0 Å². The van der Waals surface area contributed by atoms with Gasteiger partial charge in [0.05, 0.1) is 14.9 Å². The summed E-state index contributed by atoms with van der Waals surface area (Å²) in [6, 6.07) is 10.7. The van der Waals surface area contributed by atoms with E-state index >= 15 is 0 Å². The van der Waals surface area contributed by atoms with Gasteiger partial charge in [0, 0.05) is 5.56 Å². The van der Waals surface area contributed by atoms with E-state index in [1.807, 2.05) is 6.92 Å². The molecule has 0 atom stereocenters. The molecule has 0 radical (unpaired) electrons. The molecule has 2 aromatic carbocycles. The fraction of sp³-hybridized carbons (Fsp3) is 0.133. The molecule has 0 heterocycles. The highest BCUT2D eigenvalue weighted by Crippen LogP contribution is 2.23. The molecule has 6 heteroatoms. The minimum Gasteiger partial charge on any atom is -0.293 e. The van der Waals surface area contributed by atoms with Crippen LogP contribution >= 0.6 is 23.2 Å². The van der Waals surface area contributed by atoms with Gasteiger partial charge < -0.3 is 0 Å². The molecule has 0 bridgehead atoms. The van der Waals surface area contributed by atoms with Crippen molar-refractivity contribution in [2.24, 2.45) is 0 Å². The number of benzene rings is 2. The number of rotatable bonds is 4. The Bertz CT molecular complexity index is 781. The second-order valence-electron chi connectivity index (χ2n) is 4.62. The number of halogens is 2. The Morgan fingerprint density at radius 1 is 1.00 bits per heavy atom. The Kier molecular flexibility index (Phi) is 4.71. The molecule has 0 spiro atoms. The third kappa shape index (κ3) is 3.84. The largest absolute Gasteiger partial charge is 0.293 e. The van der Waals surface area contributed by atoms with E-state index in [1.54, 1.807) is 12.1 Å². The number of carbonyl (C=O) groups is 1. The standard InChI is InChI=1S/C15H12Cl2O3S/c1-10-2-5-12(6-3-10)21(19,20)9-15(18)11-4-7-13(16)14(17)8-11/h2-8H,9H2,1H3. The number of hydrogen-bond acceptors (Lipinski definition) is 3. The minimum absolute atomic E-state index is 0.126. The Morgan fingerprint density at radius 3 is 2.19 bits per heavy atom. The maximum atomic E-state index is 12.2. The topological polar surface area (TPSA) is 51.2 Å². The molecule has 0 amide bonds. The van der Waals surface area contributed by atoms with Gasteiger partial charge in [0.2, 0.25) is 0 Å². The van der Waals surface area contributed by atoms with E-state index in [0.717, 1.165) is 5.56 Å². The third-order valence-electron chi connectivity index (χ3n) is 2.94. The Labute approximate surface area is 133 Å². The van der Waals surface area contributed by atoms with Crippen molar-refractivity contribution in [2.75, 3.05) is 5.75 Å². The van der Waals surface area contributed by atoms with Gasteiger partial charge in [0.25, 0.3) is 0 Å². The summed E-state index contributed by atoms with van der Waals surface area (Å²) in [7, 11) is -3.67. The second kappa shape index (κ2) is 6.18. The van der Waals surface area contributed by atoms with Crippen molar-refractivity contribution in [1.82, 2.24) is 0 Å². The van der Waals surface area contributed by atoms with Crippen molar-refractivity contribution in [3.8, 4) is 0 Å². The third-order valence-corrected chi connectivity index (χ3v) is 5.31. The molecule has 0 aliphatic rings. The highest BCUT2D eigenvalue weighted by Gasteiger charge is 2.20. The molecule has 0 aliphatic carbocycles. The van der Waals surface area contributed by atoms with Crippen LogP contribution in [0.3, 0.4) is 0 Å². The number of aryl methyl sites for hydroxylation is 1. The van der Waals surface area contributed by atoms with Gasteiger partial charge in [-0.05, 0) is 37.3 Å². The zero-order valence-corrected chi connectivity index (χ0v) is 13.5. The van der Waals surface area contributed by atoms with Crippen molar-refractivity contribution < 1.29 is 13.2 Å². The van der Waals surface area contributed by atoms with E-state index in [9.17, 15) is 13.2 Å². The molecule has 2 rings (SSSR count). The predicted octanol–water partition coefficient (Wildman–Crippen LogP) is 3.96. The van der Waals surface area contributed by atoms with Gasteiger partial charge in [-0.1, -0.05) is 40.9 Å². The Balaban J connectivity index is 2.25. The van der Waals surface area contributed by atoms with E-state index in [2.05, 4.69) is 0 Å². The molecule has 110 valence electrons. The SMILES string of the molecule is Cc1ccc(S(=O)(=O)CC(=O)c2ccc(Cl)c(Cl)c2)cc1. The van der Waals surface area contributed by atoms with Crippen LogP contribution in [0.1, 0.15) is 15.9 Å². The van der Waals surface area contributed by atoms with Crippen molar-refractivity contribution >= 4 is 38.8 Å². The van der Waals surface area contributed by atoms with Crippen LogP contribution in [0.15, 0.2) is 47.4 Å². The van der Waals surface area contributed by atoms with Crippen LogP contribution in [0.5, 0.6) is 0 Å². The van der Waals surface area contributed by atoms with Crippen LogP contribution in [0.25, 0.3) is 0 Å². The Morgan fingerprint density at radius 2 is 1.62 bits per heavy atom. The zero-order valence-electron chi connectivity index (χ0n) is 11.1. The van der Waals surface area contributed by atoms with E-state index < -0.39 is 21.4 Å². The van der Waals surface area contributed by atoms with Crippen LogP contribution in [0.2, 0.25) is 10.0 Å². The number of ketones is 1. The first-order valence-electron chi connectivity index (χ1n) is 6.07. The van der Waals surface area contributed by atoms with Gasteiger partial charge in [0.1, 0.15) is 5.75 Å². The van der Waals surface area contributed by atoms with Gasteiger partial charge >= 0.3 is 0 Å². The highest BCUT2D eigenvalue weighted by atomic mass is 35.5. The normalized spacial score (nSPS) is 11.4. The average Bonchev–Trinajstić information content (AvgIpc) is 2.41. The van der Waals surface area contributed by atoms with Gasteiger partial charge in [-0.25, -0.2) is 8.42 Å². The number of sulfone groups is 1. The van der Waals surface area contributed by atoms with Gasteiger partial charge in [-0.3, -0.25) is 4.79 Å². The average molecular weight is 343 g/mol. The maximum Gasteiger partial charge on any atom is 0.185 e. The summed E-state index contributed by atoms with van der Waals surface area (Å²) in [5.74, 6) is -1.12. The lowest BCUT2D eigenvalue weighted by Crippen LogP contribution is -2.16. The summed E-state index contributed by atoms with van der Waals surface area (Å²) in [5.41, 5.74) is 1.17. The molecule has 21 heavy (non-hydrogen) atoms. The lowest BCUT2D eigenvalue weighted by atomic mass is 10.1. The molecule has 0 aromatic heterocycles. The van der Waals surface area contributed by atoms with Gasteiger partial charge in [-0.2, -0.15) is 0 Å². The highest BCUT2D eigenvalue weighted by molar-refractivity contribution is 7.92. The first-order valence-corrected chi connectivity index (χ1v) is 8.48. The summed E-state index contributed by atoms with van der Waals surface area (Å²) in [6.07, 6.45) is 0. The second-order valence-corrected chi connectivity index (χ2v) is 7.43. The molecular formula is C15H12Cl2O3S. The van der Waals surface area contributed by atoms with Crippen LogP contribution < -0.4 is 0 Å². The molecule has 0 saturated heterocycles. The minimum atomic E-state index is -3.67. The summed E-state index contributed by atoms with van der Waals surface area (Å²) in [6.45, 7) is 1.86. The van der Waals surface area contributed by atoms with Gasteiger partial charge in [0.15, 0.2) is 15.6 Å². The summed E-state index contributed by atoms with van der Waals surface area (Å²) < 4.78 is 24.4. The maximum absolute atomic E-state index is 12.2. The van der Waals surface area contributed by atoms with Crippen molar-refractivity contribution in [2.45, 2.75) is 11.8 Å². The lowest BCUT2D eigenvalue weighted by molar-refractivity contribution is 0.102. The molecule has 3 nitrogen and oxygen atoms in total. The van der Waals surface area contributed by atoms with Crippen LogP contribution in [-0.2, 0) is 9.84 Å². The van der Waals surface area contributed by atoms with E-state index in [4.69, 9.17) is 23.2 Å². The number of hydrogen-bond donors (Lipinski definition) is 0. The molecule has 0 saturated carbocycles. The van der Waals surface area contributed by atoms with E-state index in [1.165, 1.54) is 30.3 Å². The quantitative estimate of drug-likeness (QED) is 0.790. The first-order chi connectivity index (χ1) is 9.79. The van der Waals surface area contributed by atoms with Gasteiger partial charge in [-0.15, -0.1) is 0 Å². The zero-order chi connectivity index (χ0) is 15.6. The molecule has 0 N–H and O–H groups in total. The summed E-state index contributed by atoms with van der Waals surface area (Å²) in [4.78, 5) is 12.2. The smallest absolute Gasteiger partial charge is 0.185 e. The van der Waals surface area contributed by atoms with Crippen LogP contribution in [0.4, 0.5) is 0 Å². The van der Waals surface area contributed by atoms with E-state index in [0.29, 0.717) is 5.02 Å². The number of carbonyl (C=O) groups excluding carboxylic acids is 1. The van der Waals surface area contributed by atoms with Crippen LogP contribution in [0, 0.1) is 6.92 Å². The fourth-order valence-corrected chi connectivity index (χ4v) is 3.28. The molecule has 0 aliphatic heterocycles. The fourth-order valence-electron chi connectivity index (χ4n) is 1.75. The summed E-state index contributed by atoms with van der Waals surface area (Å²) in [5, 5.41) is 0.532. The molecule has 2 aromatic rings. The Hall–Kier alpha value is -1.36. The van der Waals surface area contributed by atoms with Crippen molar-refractivity contribution in [1.29, 1.82) is 0 Å².